The van der Waals surface area contributed by atoms with E-state index in [4.69, 9.17) is 5.26 Å². The molecule has 0 atom stereocenters. The summed E-state index contributed by atoms with van der Waals surface area (Å²) < 4.78 is 1.93. The second-order valence-corrected chi connectivity index (χ2v) is 7.57. The van der Waals surface area contributed by atoms with Gasteiger partial charge in [0.05, 0.1) is 42.1 Å². The number of hydrogen-bond donors (Lipinski definition) is 2. The fourth-order valence-electron chi connectivity index (χ4n) is 3.98. The second kappa shape index (κ2) is 7.57. The van der Waals surface area contributed by atoms with Crippen LogP contribution in [-0.2, 0) is 19.6 Å². The minimum absolute atomic E-state index is 0.216. The summed E-state index contributed by atoms with van der Waals surface area (Å²) in [6.45, 7) is 4.77. The summed E-state index contributed by atoms with van der Waals surface area (Å²) in [6, 6.07) is 13.2. The van der Waals surface area contributed by atoms with Crippen LogP contribution in [0.2, 0.25) is 0 Å². The van der Waals surface area contributed by atoms with Crippen LogP contribution in [0.25, 0.3) is 10.9 Å². The van der Waals surface area contributed by atoms with Gasteiger partial charge in [0.1, 0.15) is 5.69 Å². The number of amides is 1. The van der Waals surface area contributed by atoms with Gasteiger partial charge in [0.25, 0.3) is 5.91 Å². The quantitative estimate of drug-likeness (QED) is 0.531. The molecule has 154 valence electrons. The van der Waals surface area contributed by atoms with Gasteiger partial charge in [-0.3, -0.25) is 9.89 Å². The van der Waals surface area contributed by atoms with Crippen molar-refractivity contribution in [3.8, 4) is 6.07 Å². The molecule has 0 aliphatic carbocycles. The SMILES string of the molecule is Cc1c(N2CCn3nncc3C2)ccc2c(C(=O)NCc3ccc(C#N)cc3)[nH]nc12. The number of anilines is 1. The Hall–Kier alpha value is -4.19. The molecule has 0 fully saturated rings. The third-order valence-electron chi connectivity index (χ3n) is 5.69. The minimum Gasteiger partial charge on any atom is -0.363 e. The summed E-state index contributed by atoms with van der Waals surface area (Å²) in [5, 5.41) is 28.0. The number of hydrogen-bond acceptors (Lipinski definition) is 6. The zero-order valence-corrected chi connectivity index (χ0v) is 17.0. The van der Waals surface area contributed by atoms with Gasteiger partial charge in [-0.1, -0.05) is 17.3 Å². The van der Waals surface area contributed by atoms with Crippen molar-refractivity contribution in [2.24, 2.45) is 0 Å². The molecule has 3 heterocycles. The van der Waals surface area contributed by atoms with Gasteiger partial charge < -0.3 is 10.2 Å². The number of aryl methyl sites for hydroxylation is 1. The third kappa shape index (κ3) is 3.38. The fraction of sp³-hybridized carbons (Fsp3) is 0.227. The van der Waals surface area contributed by atoms with Gasteiger partial charge in [0.15, 0.2) is 0 Å². The first kappa shape index (κ1) is 18.8. The van der Waals surface area contributed by atoms with E-state index in [9.17, 15) is 4.79 Å². The highest BCUT2D eigenvalue weighted by Crippen LogP contribution is 2.30. The van der Waals surface area contributed by atoms with Gasteiger partial charge in [0, 0.05) is 29.7 Å². The van der Waals surface area contributed by atoms with Crippen LogP contribution in [0.3, 0.4) is 0 Å². The maximum absolute atomic E-state index is 12.8. The zero-order valence-electron chi connectivity index (χ0n) is 17.0. The largest absolute Gasteiger partial charge is 0.363 e. The Labute approximate surface area is 178 Å². The van der Waals surface area contributed by atoms with E-state index in [-0.39, 0.29) is 5.91 Å². The van der Waals surface area contributed by atoms with Gasteiger partial charge in [-0.25, -0.2) is 4.68 Å². The topological polar surface area (TPSA) is 116 Å². The molecule has 0 spiro atoms. The van der Waals surface area contributed by atoms with Crippen molar-refractivity contribution >= 4 is 22.5 Å². The molecule has 1 aliphatic heterocycles. The van der Waals surface area contributed by atoms with Crippen molar-refractivity contribution < 1.29 is 4.79 Å². The molecule has 0 bridgehead atoms. The zero-order chi connectivity index (χ0) is 21.4. The molecule has 2 N–H and O–H groups in total. The molecule has 1 aliphatic rings. The average Bonchev–Trinajstić information content (AvgIpc) is 3.45. The maximum Gasteiger partial charge on any atom is 0.270 e. The van der Waals surface area contributed by atoms with E-state index in [1.54, 1.807) is 18.3 Å². The molecule has 9 heteroatoms. The van der Waals surface area contributed by atoms with Crippen molar-refractivity contribution in [2.75, 3.05) is 11.4 Å². The molecule has 0 radical (unpaired) electrons. The Kier molecular flexibility index (Phi) is 4.59. The number of benzene rings is 2. The van der Waals surface area contributed by atoms with Crippen molar-refractivity contribution in [1.82, 2.24) is 30.5 Å². The predicted molar refractivity (Wildman–Crippen MR) is 114 cm³/mol. The third-order valence-corrected chi connectivity index (χ3v) is 5.69. The van der Waals surface area contributed by atoms with E-state index in [0.717, 1.165) is 53.0 Å². The highest BCUT2D eigenvalue weighted by atomic mass is 16.1. The number of rotatable bonds is 4. The summed E-state index contributed by atoms with van der Waals surface area (Å²) in [6.07, 6.45) is 1.80. The van der Waals surface area contributed by atoms with Crippen molar-refractivity contribution in [3.63, 3.8) is 0 Å². The molecule has 0 saturated heterocycles. The molecular formula is C22H20N8O. The van der Waals surface area contributed by atoms with E-state index >= 15 is 0 Å². The predicted octanol–water partition coefficient (Wildman–Crippen LogP) is 2.28. The summed E-state index contributed by atoms with van der Waals surface area (Å²) in [5.41, 5.74) is 5.95. The van der Waals surface area contributed by atoms with Crippen LogP contribution in [0.5, 0.6) is 0 Å². The number of nitrogens with one attached hydrogen (secondary N) is 2. The second-order valence-electron chi connectivity index (χ2n) is 7.57. The van der Waals surface area contributed by atoms with Crippen LogP contribution < -0.4 is 10.2 Å². The molecule has 4 aromatic rings. The molecule has 0 unspecified atom stereocenters. The molecule has 5 rings (SSSR count). The number of carbonyl (C=O) groups excluding carboxylic acids is 1. The van der Waals surface area contributed by atoms with E-state index in [0.29, 0.717) is 17.8 Å². The summed E-state index contributed by atoms with van der Waals surface area (Å²) in [4.78, 5) is 15.0. The average molecular weight is 412 g/mol. The highest BCUT2D eigenvalue weighted by molar-refractivity contribution is 6.06. The lowest BCUT2D eigenvalue weighted by Crippen LogP contribution is -2.34. The van der Waals surface area contributed by atoms with E-state index in [1.807, 2.05) is 35.9 Å². The smallest absolute Gasteiger partial charge is 0.270 e. The van der Waals surface area contributed by atoms with Crippen LogP contribution in [0.1, 0.15) is 32.9 Å². The van der Waals surface area contributed by atoms with Gasteiger partial charge in [-0.2, -0.15) is 10.4 Å². The Bertz CT molecular complexity index is 1310. The lowest BCUT2D eigenvalue weighted by atomic mass is 10.1. The van der Waals surface area contributed by atoms with Crippen molar-refractivity contribution in [2.45, 2.75) is 26.6 Å². The number of H-pyrrole nitrogens is 1. The minimum atomic E-state index is -0.216. The van der Waals surface area contributed by atoms with Crippen LogP contribution >= 0.6 is 0 Å². The van der Waals surface area contributed by atoms with E-state index in [2.05, 4.69) is 36.8 Å². The van der Waals surface area contributed by atoms with Crippen LogP contribution in [0.15, 0.2) is 42.6 Å². The van der Waals surface area contributed by atoms with Gasteiger partial charge in [-0.15, -0.1) is 5.10 Å². The lowest BCUT2D eigenvalue weighted by molar-refractivity contribution is 0.0947. The van der Waals surface area contributed by atoms with Gasteiger partial charge in [0.2, 0.25) is 0 Å². The summed E-state index contributed by atoms with van der Waals surface area (Å²) in [7, 11) is 0. The monoisotopic (exact) mass is 412 g/mol. The van der Waals surface area contributed by atoms with Gasteiger partial charge >= 0.3 is 0 Å². The van der Waals surface area contributed by atoms with Gasteiger partial charge in [-0.05, 0) is 36.8 Å². The first-order valence-corrected chi connectivity index (χ1v) is 10.0. The Balaban J connectivity index is 1.35. The van der Waals surface area contributed by atoms with Crippen molar-refractivity contribution in [3.05, 3.63) is 70.7 Å². The molecule has 1 amide bonds. The Morgan fingerprint density at radius 3 is 2.87 bits per heavy atom. The number of nitrogens with zero attached hydrogens (tertiary/aromatic N) is 6. The molecular weight excluding hydrogens is 392 g/mol. The number of fused-ring (bicyclic) bond motifs is 2. The fourth-order valence-corrected chi connectivity index (χ4v) is 3.98. The van der Waals surface area contributed by atoms with E-state index in [1.165, 1.54) is 0 Å². The van der Waals surface area contributed by atoms with Crippen molar-refractivity contribution in [1.29, 1.82) is 5.26 Å². The Morgan fingerprint density at radius 2 is 2.06 bits per heavy atom. The molecule has 2 aromatic heterocycles. The van der Waals surface area contributed by atoms with Crippen LogP contribution in [0.4, 0.5) is 5.69 Å². The first-order chi connectivity index (χ1) is 15.1. The molecule has 2 aromatic carbocycles. The molecule has 31 heavy (non-hydrogen) atoms. The standard InChI is InChI=1S/C22H20N8O/c1-14-19(29-8-9-30-17(13-29)12-25-28-30)7-6-18-20(14)26-27-21(18)22(31)24-11-16-4-2-15(10-23)3-5-16/h2-7,12H,8-9,11,13H2,1H3,(H,24,31)(H,26,27). The number of aromatic amines is 1. The molecule has 0 saturated carbocycles. The summed E-state index contributed by atoms with van der Waals surface area (Å²) in [5.74, 6) is -0.216. The number of nitriles is 1. The number of carbonyl (C=O) groups is 1. The maximum atomic E-state index is 12.8. The van der Waals surface area contributed by atoms with Crippen LogP contribution in [-0.4, -0.2) is 37.6 Å². The highest BCUT2D eigenvalue weighted by Gasteiger charge is 2.22. The first-order valence-electron chi connectivity index (χ1n) is 10.0. The summed E-state index contributed by atoms with van der Waals surface area (Å²) >= 11 is 0. The normalized spacial score (nSPS) is 13.1. The Morgan fingerprint density at radius 1 is 1.23 bits per heavy atom. The molecule has 9 nitrogen and oxygen atoms in total. The lowest BCUT2D eigenvalue weighted by Gasteiger charge is -2.30. The van der Waals surface area contributed by atoms with Crippen LogP contribution in [0, 0.1) is 18.3 Å². The van der Waals surface area contributed by atoms with E-state index < -0.39 is 0 Å². The number of aromatic nitrogens is 5.